The zero-order valence-electron chi connectivity index (χ0n) is 13.3. The molecule has 0 amide bonds. The van der Waals surface area contributed by atoms with E-state index in [9.17, 15) is 5.11 Å². The third-order valence-electron chi connectivity index (χ3n) is 3.99. The van der Waals surface area contributed by atoms with Crippen molar-refractivity contribution in [1.29, 1.82) is 0 Å². The molecule has 1 N–H and O–H groups in total. The van der Waals surface area contributed by atoms with Crippen LogP contribution in [0.3, 0.4) is 0 Å². The SMILES string of the molecule is COc1cc(C)cc(C)c1C(O)CC(C)c1ccccc1. The number of benzene rings is 2. The van der Waals surface area contributed by atoms with Crippen molar-refractivity contribution in [2.45, 2.75) is 39.2 Å². The Kier molecular flexibility index (Phi) is 5.03. The van der Waals surface area contributed by atoms with Crippen molar-refractivity contribution >= 4 is 0 Å². The summed E-state index contributed by atoms with van der Waals surface area (Å²) in [6.45, 7) is 6.22. The predicted molar refractivity (Wildman–Crippen MR) is 86.9 cm³/mol. The summed E-state index contributed by atoms with van der Waals surface area (Å²) < 4.78 is 5.46. The minimum absolute atomic E-state index is 0.298. The number of aryl methyl sites for hydroxylation is 2. The van der Waals surface area contributed by atoms with Crippen molar-refractivity contribution in [2.75, 3.05) is 7.11 Å². The Hall–Kier alpha value is -1.80. The zero-order valence-corrected chi connectivity index (χ0v) is 13.3. The first kappa shape index (κ1) is 15.6. The van der Waals surface area contributed by atoms with Gasteiger partial charge in [-0.25, -0.2) is 0 Å². The van der Waals surface area contributed by atoms with Crippen molar-refractivity contribution in [3.63, 3.8) is 0 Å². The molecule has 0 spiro atoms. The van der Waals surface area contributed by atoms with E-state index in [0.717, 1.165) is 22.4 Å². The number of hydrogen-bond acceptors (Lipinski definition) is 2. The Morgan fingerprint density at radius 1 is 1.10 bits per heavy atom. The molecule has 0 radical (unpaired) electrons. The molecule has 0 bridgehead atoms. The fourth-order valence-electron chi connectivity index (χ4n) is 2.91. The van der Waals surface area contributed by atoms with Gasteiger partial charge in [-0.2, -0.15) is 0 Å². The van der Waals surface area contributed by atoms with E-state index >= 15 is 0 Å². The summed E-state index contributed by atoms with van der Waals surface area (Å²) >= 11 is 0. The molecular weight excluding hydrogens is 260 g/mol. The monoisotopic (exact) mass is 284 g/mol. The van der Waals surface area contributed by atoms with Crippen LogP contribution in [0.5, 0.6) is 5.75 Å². The Morgan fingerprint density at radius 2 is 1.76 bits per heavy atom. The second kappa shape index (κ2) is 6.77. The molecule has 0 saturated carbocycles. The van der Waals surface area contributed by atoms with Crippen molar-refractivity contribution in [2.24, 2.45) is 0 Å². The van der Waals surface area contributed by atoms with Gasteiger partial charge in [0.1, 0.15) is 5.75 Å². The third kappa shape index (κ3) is 3.64. The molecule has 21 heavy (non-hydrogen) atoms. The van der Waals surface area contributed by atoms with Crippen molar-refractivity contribution in [3.05, 3.63) is 64.7 Å². The van der Waals surface area contributed by atoms with Gasteiger partial charge in [0.05, 0.1) is 13.2 Å². The number of methoxy groups -OCH3 is 1. The first-order chi connectivity index (χ1) is 10.0. The standard InChI is InChI=1S/C19H24O2/c1-13-10-15(3)19(18(11-13)21-4)17(20)12-14(2)16-8-6-5-7-9-16/h5-11,14,17,20H,12H2,1-4H3. The summed E-state index contributed by atoms with van der Waals surface area (Å²) in [5.74, 6) is 1.08. The molecule has 2 rings (SSSR count). The summed E-state index contributed by atoms with van der Waals surface area (Å²) in [5.41, 5.74) is 4.39. The second-order valence-corrected chi connectivity index (χ2v) is 5.76. The molecule has 2 unspecified atom stereocenters. The summed E-state index contributed by atoms with van der Waals surface area (Å²) in [4.78, 5) is 0. The normalized spacial score (nSPS) is 13.8. The summed E-state index contributed by atoms with van der Waals surface area (Å²) in [6, 6.07) is 14.4. The van der Waals surface area contributed by atoms with Crippen LogP contribution in [0.4, 0.5) is 0 Å². The summed E-state index contributed by atoms with van der Waals surface area (Å²) in [7, 11) is 1.66. The topological polar surface area (TPSA) is 29.5 Å². The van der Waals surface area contributed by atoms with Gasteiger partial charge in [0, 0.05) is 5.56 Å². The smallest absolute Gasteiger partial charge is 0.125 e. The van der Waals surface area contributed by atoms with E-state index < -0.39 is 6.10 Å². The van der Waals surface area contributed by atoms with Gasteiger partial charge >= 0.3 is 0 Å². The average molecular weight is 284 g/mol. The average Bonchev–Trinajstić information content (AvgIpc) is 2.46. The maximum atomic E-state index is 10.7. The van der Waals surface area contributed by atoms with E-state index in [4.69, 9.17) is 4.74 Å². The minimum atomic E-state index is -0.518. The van der Waals surface area contributed by atoms with Gasteiger partial charge in [-0.1, -0.05) is 43.3 Å². The van der Waals surface area contributed by atoms with Gasteiger partial charge in [-0.15, -0.1) is 0 Å². The number of hydrogen-bond donors (Lipinski definition) is 1. The molecule has 2 nitrogen and oxygen atoms in total. The van der Waals surface area contributed by atoms with Crippen molar-refractivity contribution in [1.82, 2.24) is 0 Å². The van der Waals surface area contributed by atoms with Gasteiger partial charge < -0.3 is 9.84 Å². The van der Waals surface area contributed by atoms with Crippen LogP contribution in [-0.2, 0) is 0 Å². The molecule has 0 heterocycles. The largest absolute Gasteiger partial charge is 0.496 e. The van der Waals surface area contributed by atoms with Gasteiger partial charge in [0.25, 0.3) is 0 Å². The quantitative estimate of drug-likeness (QED) is 0.873. The van der Waals surface area contributed by atoms with Crippen LogP contribution < -0.4 is 4.74 Å². The van der Waals surface area contributed by atoms with Gasteiger partial charge in [-0.3, -0.25) is 0 Å². The van der Waals surface area contributed by atoms with Gasteiger partial charge in [-0.05, 0) is 48.9 Å². The van der Waals surface area contributed by atoms with Crippen LogP contribution in [0.15, 0.2) is 42.5 Å². The lowest BCUT2D eigenvalue weighted by molar-refractivity contribution is 0.155. The first-order valence-corrected chi connectivity index (χ1v) is 7.41. The highest BCUT2D eigenvalue weighted by molar-refractivity contribution is 5.44. The third-order valence-corrected chi connectivity index (χ3v) is 3.99. The number of ether oxygens (including phenoxy) is 1. The molecule has 0 aliphatic heterocycles. The fourth-order valence-corrected chi connectivity index (χ4v) is 2.91. The van der Waals surface area contributed by atoms with E-state index in [1.54, 1.807) is 7.11 Å². The fraction of sp³-hybridized carbons (Fsp3) is 0.368. The van der Waals surface area contributed by atoms with Crippen molar-refractivity contribution < 1.29 is 9.84 Å². The summed E-state index contributed by atoms with van der Waals surface area (Å²) in [5, 5.41) is 10.7. The number of rotatable bonds is 5. The highest BCUT2D eigenvalue weighted by Gasteiger charge is 2.19. The molecule has 2 atom stereocenters. The lowest BCUT2D eigenvalue weighted by Crippen LogP contribution is -2.07. The molecule has 0 fully saturated rings. The lowest BCUT2D eigenvalue weighted by atomic mass is 9.90. The Balaban J connectivity index is 2.23. The Morgan fingerprint density at radius 3 is 2.38 bits per heavy atom. The highest BCUT2D eigenvalue weighted by Crippen LogP contribution is 2.35. The van der Waals surface area contributed by atoms with E-state index in [1.165, 1.54) is 5.56 Å². The summed E-state index contributed by atoms with van der Waals surface area (Å²) in [6.07, 6.45) is 0.167. The molecule has 2 heteroatoms. The van der Waals surface area contributed by atoms with Gasteiger partial charge in [0.2, 0.25) is 0 Å². The van der Waals surface area contributed by atoms with Crippen LogP contribution in [0.25, 0.3) is 0 Å². The van der Waals surface area contributed by atoms with Crippen molar-refractivity contribution in [3.8, 4) is 5.75 Å². The molecule has 0 aliphatic rings. The maximum absolute atomic E-state index is 10.7. The maximum Gasteiger partial charge on any atom is 0.125 e. The molecular formula is C19H24O2. The van der Waals surface area contributed by atoms with E-state index in [-0.39, 0.29) is 0 Å². The molecule has 2 aromatic rings. The van der Waals surface area contributed by atoms with E-state index in [0.29, 0.717) is 12.3 Å². The second-order valence-electron chi connectivity index (χ2n) is 5.76. The minimum Gasteiger partial charge on any atom is -0.496 e. The van der Waals surface area contributed by atoms with Crippen LogP contribution in [0, 0.1) is 13.8 Å². The molecule has 2 aromatic carbocycles. The number of aliphatic hydroxyl groups is 1. The van der Waals surface area contributed by atoms with Gasteiger partial charge in [0.15, 0.2) is 0 Å². The van der Waals surface area contributed by atoms with E-state index in [2.05, 4.69) is 25.1 Å². The van der Waals surface area contributed by atoms with Crippen LogP contribution in [0.2, 0.25) is 0 Å². The van der Waals surface area contributed by atoms with Crippen LogP contribution >= 0.6 is 0 Å². The Bertz CT molecular complexity index is 590. The van der Waals surface area contributed by atoms with E-state index in [1.807, 2.05) is 38.1 Å². The number of aliphatic hydroxyl groups excluding tert-OH is 1. The molecule has 0 saturated heterocycles. The van der Waals surface area contributed by atoms with Crippen LogP contribution in [0.1, 0.15) is 47.6 Å². The molecule has 0 aromatic heterocycles. The zero-order chi connectivity index (χ0) is 15.4. The molecule has 0 aliphatic carbocycles. The molecule has 112 valence electrons. The lowest BCUT2D eigenvalue weighted by Gasteiger charge is -2.21. The first-order valence-electron chi connectivity index (χ1n) is 7.41. The predicted octanol–water partition coefficient (Wildman–Crippen LogP) is 4.54. The Labute approximate surface area is 127 Å². The highest BCUT2D eigenvalue weighted by atomic mass is 16.5. The van der Waals surface area contributed by atoms with Crippen LogP contribution in [-0.4, -0.2) is 12.2 Å².